The highest BCUT2D eigenvalue weighted by molar-refractivity contribution is 6.42. The van der Waals surface area contributed by atoms with Gasteiger partial charge in [0.15, 0.2) is 5.84 Å². The Labute approximate surface area is 133 Å². The van der Waals surface area contributed by atoms with Crippen LogP contribution < -0.4 is 11.1 Å². The summed E-state index contributed by atoms with van der Waals surface area (Å²) in [5, 5.41) is 16.0. The number of nitrogens with two attached hydrogens (primary N) is 1. The molecule has 2 rings (SSSR count). The lowest BCUT2D eigenvalue weighted by molar-refractivity contribution is 0.318. The maximum atomic E-state index is 8.68. The summed E-state index contributed by atoms with van der Waals surface area (Å²) in [5.41, 5.74) is 9.30. The van der Waals surface area contributed by atoms with E-state index in [0.717, 1.165) is 16.8 Å². The van der Waals surface area contributed by atoms with Crippen LogP contribution in [0.3, 0.4) is 0 Å². The Morgan fingerprint density at radius 2 is 1.95 bits per heavy atom. The highest BCUT2D eigenvalue weighted by atomic mass is 35.5. The third-order valence-corrected chi connectivity index (χ3v) is 3.89. The molecule has 0 amide bonds. The normalized spacial score (nSPS) is 11.5. The molecule has 0 saturated carbocycles. The van der Waals surface area contributed by atoms with E-state index in [1.807, 2.05) is 31.2 Å². The molecule has 6 heteroatoms. The predicted octanol–water partition coefficient (Wildman–Crippen LogP) is 4.01. The molecule has 0 atom stereocenters. The summed E-state index contributed by atoms with van der Waals surface area (Å²) in [6, 6.07) is 11.0. The number of rotatable bonds is 4. The molecule has 0 aliphatic rings. The van der Waals surface area contributed by atoms with Crippen molar-refractivity contribution in [3.8, 4) is 0 Å². The summed E-state index contributed by atoms with van der Waals surface area (Å²) in [5.74, 6) is 0.0992. The number of benzene rings is 2. The molecule has 0 unspecified atom stereocenters. The third kappa shape index (κ3) is 3.80. The van der Waals surface area contributed by atoms with Crippen molar-refractivity contribution in [2.45, 2.75) is 13.5 Å². The molecule has 0 saturated heterocycles. The van der Waals surface area contributed by atoms with Gasteiger partial charge in [-0.2, -0.15) is 0 Å². The Morgan fingerprint density at radius 1 is 1.19 bits per heavy atom. The lowest BCUT2D eigenvalue weighted by atomic mass is 10.0. The molecule has 21 heavy (non-hydrogen) atoms. The number of amidine groups is 1. The summed E-state index contributed by atoms with van der Waals surface area (Å²) in [6.45, 7) is 2.61. The van der Waals surface area contributed by atoms with Crippen LogP contribution in [0.2, 0.25) is 10.0 Å². The Balaban J connectivity index is 2.11. The average Bonchev–Trinajstić information content (AvgIpc) is 2.48. The van der Waals surface area contributed by atoms with Crippen molar-refractivity contribution < 1.29 is 5.21 Å². The van der Waals surface area contributed by atoms with Gasteiger partial charge < -0.3 is 16.3 Å². The molecule has 2 aromatic carbocycles. The van der Waals surface area contributed by atoms with Crippen LogP contribution in [0.25, 0.3) is 0 Å². The van der Waals surface area contributed by atoms with E-state index >= 15 is 0 Å². The Bertz CT molecular complexity index is 687. The maximum Gasteiger partial charge on any atom is 0.170 e. The number of nitrogens with zero attached hydrogens (tertiary/aromatic N) is 1. The van der Waals surface area contributed by atoms with Crippen LogP contribution in [-0.4, -0.2) is 11.0 Å². The molecule has 4 N–H and O–H groups in total. The molecule has 0 fully saturated rings. The molecule has 0 aliphatic carbocycles. The zero-order valence-electron chi connectivity index (χ0n) is 11.4. The molecule has 0 spiro atoms. The van der Waals surface area contributed by atoms with Gasteiger partial charge in [-0.3, -0.25) is 0 Å². The quantitative estimate of drug-likeness (QED) is 0.344. The Morgan fingerprint density at radius 3 is 2.57 bits per heavy atom. The van der Waals surface area contributed by atoms with Crippen LogP contribution in [0.1, 0.15) is 16.7 Å². The van der Waals surface area contributed by atoms with Crippen molar-refractivity contribution >= 4 is 34.7 Å². The molecule has 0 bridgehead atoms. The second-order valence-electron chi connectivity index (χ2n) is 4.61. The second-order valence-corrected chi connectivity index (χ2v) is 5.42. The van der Waals surface area contributed by atoms with E-state index in [1.54, 1.807) is 12.1 Å². The van der Waals surface area contributed by atoms with E-state index in [2.05, 4.69) is 10.5 Å². The van der Waals surface area contributed by atoms with Crippen molar-refractivity contribution in [2.75, 3.05) is 5.32 Å². The van der Waals surface area contributed by atoms with Crippen molar-refractivity contribution in [2.24, 2.45) is 10.9 Å². The minimum absolute atomic E-state index is 0.0992. The van der Waals surface area contributed by atoms with Crippen LogP contribution in [0, 0.1) is 6.92 Å². The van der Waals surface area contributed by atoms with E-state index < -0.39 is 0 Å². The molecular weight excluding hydrogens is 309 g/mol. The van der Waals surface area contributed by atoms with Crippen LogP contribution >= 0.6 is 23.2 Å². The van der Waals surface area contributed by atoms with Crippen molar-refractivity contribution in [3.63, 3.8) is 0 Å². The van der Waals surface area contributed by atoms with Gasteiger partial charge in [0.05, 0.1) is 10.0 Å². The van der Waals surface area contributed by atoms with E-state index in [-0.39, 0.29) is 5.84 Å². The second kappa shape index (κ2) is 6.70. The summed E-state index contributed by atoms with van der Waals surface area (Å²) in [6.07, 6.45) is 0. The molecule has 0 aromatic heterocycles. The van der Waals surface area contributed by atoms with Gasteiger partial charge >= 0.3 is 0 Å². The lowest BCUT2D eigenvalue weighted by Crippen LogP contribution is -2.13. The Kier molecular flexibility index (Phi) is 4.94. The molecule has 2 aromatic rings. The monoisotopic (exact) mass is 323 g/mol. The number of hydrogen-bond acceptors (Lipinski definition) is 3. The van der Waals surface area contributed by atoms with Crippen LogP contribution in [-0.2, 0) is 6.54 Å². The van der Waals surface area contributed by atoms with Crippen LogP contribution in [0.5, 0.6) is 0 Å². The van der Waals surface area contributed by atoms with E-state index in [1.165, 1.54) is 0 Å². The minimum Gasteiger partial charge on any atom is -0.409 e. The number of oxime groups is 1. The number of halogens is 2. The first kappa shape index (κ1) is 15.5. The molecule has 110 valence electrons. The first-order chi connectivity index (χ1) is 10.0. The largest absolute Gasteiger partial charge is 0.409 e. The van der Waals surface area contributed by atoms with Crippen molar-refractivity contribution in [1.29, 1.82) is 0 Å². The molecular formula is C15H15Cl2N3O. The zero-order chi connectivity index (χ0) is 15.4. The molecule has 0 heterocycles. The first-order valence-electron chi connectivity index (χ1n) is 6.27. The van der Waals surface area contributed by atoms with Crippen LogP contribution in [0.4, 0.5) is 5.69 Å². The zero-order valence-corrected chi connectivity index (χ0v) is 12.9. The maximum absolute atomic E-state index is 8.68. The fraction of sp³-hybridized carbons (Fsp3) is 0.133. The third-order valence-electron chi connectivity index (χ3n) is 3.15. The summed E-state index contributed by atoms with van der Waals surface area (Å²) < 4.78 is 0. The van der Waals surface area contributed by atoms with E-state index in [0.29, 0.717) is 22.2 Å². The van der Waals surface area contributed by atoms with E-state index in [4.69, 9.17) is 34.1 Å². The SMILES string of the molecule is Cc1cc(/C(N)=N/O)ccc1CNc1ccc(Cl)c(Cl)c1. The smallest absolute Gasteiger partial charge is 0.170 e. The number of hydrogen-bond donors (Lipinski definition) is 3. The minimum atomic E-state index is 0.0992. The van der Waals surface area contributed by atoms with Crippen molar-refractivity contribution in [3.05, 3.63) is 63.1 Å². The van der Waals surface area contributed by atoms with Gasteiger partial charge in [0.2, 0.25) is 0 Å². The summed E-state index contributed by atoms with van der Waals surface area (Å²) >= 11 is 11.9. The standard InChI is InChI=1S/C15H15Cl2N3O/c1-9-6-10(15(18)20-21)2-3-11(9)8-19-12-4-5-13(16)14(17)7-12/h2-7,19,21H,8H2,1H3,(H2,18,20). The summed E-state index contributed by atoms with van der Waals surface area (Å²) in [4.78, 5) is 0. The average molecular weight is 324 g/mol. The van der Waals surface area contributed by atoms with Gasteiger partial charge in [-0.15, -0.1) is 0 Å². The number of anilines is 1. The molecule has 4 nitrogen and oxygen atoms in total. The number of nitrogens with one attached hydrogen (secondary N) is 1. The molecule has 0 radical (unpaired) electrons. The van der Waals surface area contributed by atoms with Gasteiger partial charge in [0.1, 0.15) is 0 Å². The Hall–Kier alpha value is -1.91. The van der Waals surface area contributed by atoms with Crippen molar-refractivity contribution in [1.82, 2.24) is 0 Å². The van der Waals surface area contributed by atoms with Gasteiger partial charge in [-0.05, 0) is 42.3 Å². The highest BCUT2D eigenvalue weighted by Crippen LogP contribution is 2.25. The van der Waals surface area contributed by atoms with Gasteiger partial charge in [-0.25, -0.2) is 0 Å². The fourth-order valence-electron chi connectivity index (χ4n) is 1.91. The lowest BCUT2D eigenvalue weighted by Gasteiger charge is -2.11. The van der Waals surface area contributed by atoms with Gasteiger partial charge in [0.25, 0.3) is 0 Å². The first-order valence-corrected chi connectivity index (χ1v) is 7.03. The van der Waals surface area contributed by atoms with Crippen LogP contribution in [0.15, 0.2) is 41.6 Å². The molecule has 0 aliphatic heterocycles. The topological polar surface area (TPSA) is 70.6 Å². The van der Waals surface area contributed by atoms with Gasteiger partial charge in [0, 0.05) is 17.8 Å². The number of aryl methyl sites for hydroxylation is 1. The van der Waals surface area contributed by atoms with Gasteiger partial charge in [-0.1, -0.05) is 40.5 Å². The highest BCUT2D eigenvalue weighted by Gasteiger charge is 2.04. The predicted molar refractivity (Wildman–Crippen MR) is 87.5 cm³/mol. The van der Waals surface area contributed by atoms with E-state index in [9.17, 15) is 0 Å². The summed E-state index contributed by atoms with van der Waals surface area (Å²) in [7, 11) is 0. The fourth-order valence-corrected chi connectivity index (χ4v) is 2.21.